The van der Waals surface area contributed by atoms with Gasteiger partial charge in [-0.25, -0.2) is 0 Å². The highest BCUT2D eigenvalue weighted by Gasteiger charge is 2.21. The molecule has 1 saturated heterocycles. The summed E-state index contributed by atoms with van der Waals surface area (Å²) in [7, 11) is 0. The molecule has 0 spiro atoms. The normalized spacial score (nSPS) is 20.5. The first-order chi connectivity index (χ1) is 9.20. The van der Waals surface area contributed by atoms with Gasteiger partial charge >= 0.3 is 0 Å². The first-order valence-electron chi connectivity index (χ1n) is 6.21. The summed E-state index contributed by atoms with van der Waals surface area (Å²) in [5, 5.41) is 10.4. The molecule has 1 aromatic rings. The van der Waals surface area contributed by atoms with Crippen LogP contribution in [0.1, 0.15) is 0 Å². The Labute approximate surface area is 122 Å². The minimum Gasteiger partial charge on any atom is -0.491 e. The van der Waals surface area contributed by atoms with Crippen molar-refractivity contribution in [2.24, 2.45) is 0 Å². The molecule has 4 nitrogen and oxygen atoms in total. The van der Waals surface area contributed by atoms with Crippen molar-refractivity contribution in [3.63, 3.8) is 0 Å². The summed E-state index contributed by atoms with van der Waals surface area (Å²) in [6.07, 6.45) is 0. The molecule has 1 atom stereocenters. The van der Waals surface area contributed by atoms with E-state index in [0.717, 1.165) is 13.1 Å². The number of morpholine rings is 1. The Balaban J connectivity index is 1.82. The van der Waals surface area contributed by atoms with Gasteiger partial charge in [-0.2, -0.15) is 0 Å². The van der Waals surface area contributed by atoms with Crippen LogP contribution >= 0.6 is 23.2 Å². The standard InChI is InChI=1S/C13H17Cl2NO3/c14-10-1-2-13(12(15)7-10)19-6-4-16-3-5-18-9-11(16)8-17/h1-2,7,11,17H,3-6,8-9H2. The van der Waals surface area contributed by atoms with E-state index in [-0.39, 0.29) is 12.6 Å². The van der Waals surface area contributed by atoms with E-state index in [2.05, 4.69) is 4.90 Å². The van der Waals surface area contributed by atoms with Crippen molar-refractivity contribution in [3.05, 3.63) is 28.2 Å². The van der Waals surface area contributed by atoms with Gasteiger partial charge in [0.1, 0.15) is 12.4 Å². The predicted molar refractivity (Wildman–Crippen MR) is 75.2 cm³/mol. The van der Waals surface area contributed by atoms with Crippen LogP contribution in [0.4, 0.5) is 0 Å². The second-order valence-corrected chi connectivity index (χ2v) is 5.21. The van der Waals surface area contributed by atoms with Crippen molar-refractivity contribution < 1.29 is 14.6 Å². The molecule has 1 fully saturated rings. The van der Waals surface area contributed by atoms with E-state index in [1.54, 1.807) is 18.2 Å². The number of benzene rings is 1. The van der Waals surface area contributed by atoms with Gasteiger partial charge in [-0.05, 0) is 18.2 Å². The average Bonchev–Trinajstić information content (AvgIpc) is 2.42. The number of aliphatic hydroxyl groups excluding tert-OH is 1. The fraction of sp³-hybridized carbons (Fsp3) is 0.538. The molecule has 1 aliphatic heterocycles. The van der Waals surface area contributed by atoms with Crippen LogP contribution in [0.2, 0.25) is 10.0 Å². The molecule has 0 radical (unpaired) electrons. The molecule has 0 amide bonds. The lowest BCUT2D eigenvalue weighted by Gasteiger charge is -2.34. The van der Waals surface area contributed by atoms with Crippen LogP contribution < -0.4 is 4.74 Å². The summed E-state index contributed by atoms with van der Waals surface area (Å²) in [6.45, 7) is 3.41. The van der Waals surface area contributed by atoms with Gasteiger partial charge in [0.05, 0.1) is 30.9 Å². The number of hydrogen-bond acceptors (Lipinski definition) is 4. The summed E-state index contributed by atoms with van der Waals surface area (Å²) in [5.74, 6) is 0.625. The minimum atomic E-state index is 0.0537. The minimum absolute atomic E-state index is 0.0537. The SMILES string of the molecule is OCC1COCCN1CCOc1ccc(Cl)cc1Cl. The van der Waals surface area contributed by atoms with Gasteiger partial charge in [0.15, 0.2) is 0 Å². The van der Waals surface area contributed by atoms with Gasteiger partial charge in [-0.1, -0.05) is 23.2 Å². The first-order valence-corrected chi connectivity index (χ1v) is 6.97. The van der Waals surface area contributed by atoms with Gasteiger partial charge in [0, 0.05) is 18.1 Å². The molecule has 1 aliphatic rings. The number of hydrogen-bond donors (Lipinski definition) is 1. The van der Waals surface area contributed by atoms with Gasteiger partial charge in [0.2, 0.25) is 0 Å². The van der Waals surface area contributed by atoms with E-state index in [1.165, 1.54) is 0 Å². The Morgan fingerprint density at radius 2 is 2.26 bits per heavy atom. The van der Waals surface area contributed by atoms with Gasteiger partial charge in [-0.3, -0.25) is 4.90 Å². The summed E-state index contributed by atoms with van der Waals surface area (Å²) in [4.78, 5) is 2.16. The number of aliphatic hydroxyl groups is 1. The summed E-state index contributed by atoms with van der Waals surface area (Å²) >= 11 is 11.8. The van der Waals surface area contributed by atoms with Crippen LogP contribution in [0.5, 0.6) is 5.75 Å². The van der Waals surface area contributed by atoms with Crippen molar-refractivity contribution in [1.29, 1.82) is 0 Å². The number of rotatable bonds is 5. The van der Waals surface area contributed by atoms with E-state index < -0.39 is 0 Å². The Kier molecular flexibility index (Phi) is 5.73. The fourth-order valence-corrected chi connectivity index (χ4v) is 2.48. The monoisotopic (exact) mass is 305 g/mol. The maximum Gasteiger partial charge on any atom is 0.138 e. The molecule has 1 unspecified atom stereocenters. The lowest BCUT2D eigenvalue weighted by molar-refractivity contribution is -0.0312. The van der Waals surface area contributed by atoms with Crippen LogP contribution in [0, 0.1) is 0 Å². The second kappa shape index (κ2) is 7.31. The first kappa shape index (κ1) is 14.9. The van der Waals surface area contributed by atoms with Crippen LogP contribution in [0.25, 0.3) is 0 Å². The maximum atomic E-state index is 9.25. The molecule has 1 aromatic carbocycles. The lowest BCUT2D eigenvalue weighted by atomic mass is 10.2. The molecular weight excluding hydrogens is 289 g/mol. The Bertz CT molecular complexity index is 417. The van der Waals surface area contributed by atoms with Crippen molar-refractivity contribution in [2.75, 3.05) is 39.5 Å². The van der Waals surface area contributed by atoms with Crippen LogP contribution in [0.3, 0.4) is 0 Å². The van der Waals surface area contributed by atoms with E-state index in [4.69, 9.17) is 32.7 Å². The van der Waals surface area contributed by atoms with Crippen molar-refractivity contribution in [2.45, 2.75) is 6.04 Å². The third-order valence-electron chi connectivity index (χ3n) is 3.09. The summed E-state index contributed by atoms with van der Waals surface area (Å²) < 4.78 is 11.0. The Hall–Kier alpha value is -0.520. The molecule has 106 valence electrons. The molecule has 0 bridgehead atoms. The Morgan fingerprint density at radius 1 is 1.42 bits per heavy atom. The molecule has 1 N–H and O–H groups in total. The molecule has 1 heterocycles. The van der Waals surface area contributed by atoms with Crippen molar-refractivity contribution >= 4 is 23.2 Å². The number of halogens is 2. The van der Waals surface area contributed by atoms with E-state index in [9.17, 15) is 5.11 Å². The average molecular weight is 306 g/mol. The third kappa shape index (κ3) is 4.23. The van der Waals surface area contributed by atoms with Gasteiger partial charge in [-0.15, -0.1) is 0 Å². The molecule has 0 saturated carbocycles. The molecule has 0 aliphatic carbocycles. The van der Waals surface area contributed by atoms with Gasteiger partial charge in [0.25, 0.3) is 0 Å². The number of nitrogens with zero attached hydrogens (tertiary/aromatic N) is 1. The van der Waals surface area contributed by atoms with E-state index in [1.807, 2.05) is 0 Å². The van der Waals surface area contributed by atoms with E-state index >= 15 is 0 Å². The zero-order valence-electron chi connectivity index (χ0n) is 10.5. The largest absolute Gasteiger partial charge is 0.491 e. The lowest BCUT2D eigenvalue weighted by Crippen LogP contribution is -2.48. The van der Waals surface area contributed by atoms with Crippen molar-refractivity contribution in [1.82, 2.24) is 4.90 Å². The topological polar surface area (TPSA) is 41.9 Å². The maximum absolute atomic E-state index is 9.25. The predicted octanol–water partition coefficient (Wildman–Crippen LogP) is 2.07. The zero-order valence-corrected chi connectivity index (χ0v) is 12.0. The highest BCUT2D eigenvalue weighted by molar-refractivity contribution is 6.35. The fourth-order valence-electron chi connectivity index (χ4n) is 2.02. The summed E-state index contributed by atoms with van der Waals surface area (Å²) in [6, 6.07) is 5.21. The quantitative estimate of drug-likeness (QED) is 0.904. The Morgan fingerprint density at radius 3 is 3.00 bits per heavy atom. The molecule has 2 rings (SSSR count). The molecular formula is C13H17Cl2NO3. The van der Waals surface area contributed by atoms with Crippen molar-refractivity contribution in [3.8, 4) is 5.75 Å². The van der Waals surface area contributed by atoms with E-state index in [0.29, 0.717) is 35.6 Å². The zero-order chi connectivity index (χ0) is 13.7. The highest BCUT2D eigenvalue weighted by Crippen LogP contribution is 2.27. The van der Waals surface area contributed by atoms with Crippen LogP contribution in [-0.4, -0.2) is 55.6 Å². The van der Waals surface area contributed by atoms with Crippen LogP contribution in [-0.2, 0) is 4.74 Å². The summed E-state index contributed by atoms with van der Waals surface area (Å²) in [5.41, 5.74) is 0. The molecule has 19 heavy (non-hydrogen) atoms. The van der Waals surface area contributed by atoms with Gasteiger partial charge < -0.3 is 14.6 Å². The molecule has 0 aromatic heterocycles. The molecule has 6 heteroatoms. The smallest absolute Gasteiger partial charge is 0.138 e. The second-order valence-electron chi connectivity index (χ2n) is 4.37. The number of ether oxygens (including phenoxy) is 2. The highest BCUT2D eigenvalue weighted by atomic mass is 35.5. The third-order valence-corrected chi connectivity index (χ3v) is 3.62. The van der Waals surface area contributed by atoms with Crippen LogP contribution in [0.15, 0.2) is 18.2 Å².